The first-order valence-corrected chi connectivity index (χ1v) is 13.1. The van der Waals surface area contributed by atoms with E-state index in [2.05, 4.69) is 22.0 Å². The van der Waals surface area contributed by atoms with Crippen molar-refractivity contribution in [3.63, 3.8) is 0 Å². The first-order chi connectivity index (χ1) is 19.4. The van der Waals surface area contributed by atoms with E-state index in [1.165, 1.54) is 31.1 Å². The van der Waals surface area contributed by atoms with Gasteiger partial charge < -0.3 is 16.8 Å². The Morgan fingerprint density at radius 3 is 2.59 bits per heavy atom. The topological polar surface area (TPSA) is 112 Å². The summed E-state index contributed by atoms with van der Waals surface area (Å²) in [7, 11) is 0. The second kappa shape index (κ2) is 12.2. The molecule has 1 aliphatic carbocycles. The molecule has 1 saturated carbocycles. The fourth-order valence-electron chi connectivity index (χ4n) is 4.44. The van der Waals surface area contributed by atoms with Crippen LogP contribution < -0.4 is 16.8 Å². The molecular weight excluding hydrogens is 536 g/mol. The fourth-order valence-corrected chi connectivity index (χ4v) is 4.44. The Kier molecular flexibility index (Phi) is 8.89. The molecule has 1 aromatic carbocycles. The van der Waals surface area contributed by atoms with Gasteiger partial charge in [-0.05, 0) is 66.7 Å². The first-order valence-electron chi connectivity index (χ1n) is 13.1. The lowest BCUT2D eigenvalue weighted by Crippen LogP contribution is -2.38. The van der Waals surface area contributed by atoms with Gasteiger partial charge in [0.2, 0.25) is 0 Å². The van der Waals surface area contributed by atoms with Crippen molar-refractivity contribution >= 4 is 5.91 Å². The molecule has 0 aliphatic heterocycles. The van der Waals surface area contributed by atoms with Gasteiger partial charge in [0.15, 0.2) is 5.69 Å². The molecule has 216 valence electrons. The summed E-state index contributed by atoms with van der Waals surface area (Å²) in [5.41, 5.74) is 11.7. The van der Waals surface area contributed by atoms with Gasteiger partial charge in [-0.1, -0.05) is 43.7 Å². The molecular formula is C30H32F4N6O. The van der Waals surface area contributed by atoms with Gasteiger partial charge in [-0.2, -0.15) is 18.3 Å². The van der Waals surface area contributed by atoms with Crippen molar-refractivity contribution in [3.8, 4) is 5.69 Å². The van der Waals surface area contributed by atoms with Gasteiger partial charge in [-0.15, -0.1) is 0 Å². The minimum atomic E-state index is -4.81. The number of carbonyl (C=O) groups excluding carboxylic acids is 1. The number of hydrogen-bond donors (Lipinski definition) is 3. The fraction of sp³-hybridized carbons (Fsp3) is 0.300. The minimum Gasteiger partial charge on any atom is -0.326 e. The molecule has 3 aromatic rings. The van der Waals surface area contributed by atoms with Gasteiger partial charge >= 0.3 is 6.18 Å². The van der Waals surface area contributed by atoms with E-state index in [1.54, 1.807) is 37.5 Å². The zero-order valence-electron chi connectivity index (χ0n) is 22.6. The monoisotopic (exact) mass is 568 g/mol. The highest BCUT2D eigenvalue weighted by molar-refractivity contribution is 5.94. The van der Waals surface area contributed by atoms with Gasteiger partial charge in [0.05, 0.1) is 16.9 Å². The number of benzene rings is 1. The molecule has 1 aliphatic rings. The van der Waals surface area contributed by atoms with E-state index in [0.717, 1.165) is 22.7 Å². The van der Waals surface area contributed by atoms with Crippen LogP contribution in [-0.4, -0.2) is 20.7 Å². The average Bonchev–Trinajstić information content (AvgIpc) is 3.68. The molecule has 0 spiro atoms. The lowest BCUT2D eigenvalue weighted by molar-refractivity contribution is -0.141. The summed E-state index contributed by atoms with van der Waals surface area (Å²) in [6.07, 6.45) is 5.07. The Labute approximate surface area is 235 Å². The van der Waals surface area contributed by atoms with Crippen LogP contribution in [0.1, 0.15) is 59.9 Å². The third-order valence-corrected chi connectivity index (χ3v) is 7.18. The molecule has 0 saturated heterocycles. The van der Waals surface area contributed by atoms with Crippen LogP contribution in [0.5, 0.6) is 0 Å². The van der Waals surface area contributed by atoms with E-state index in [9.17, 15) is 18.0 Å². The highest BCUT2D eigenvalue weighted by atomic mass is 19.4. The smallest absolute Gasteiger partial charge is 0.326 e. The third-order valence-electron chi connectivity index (χ3n) is 7.18. The van der Waals surface area contributed by atoms with E-state index < -0.39 is 40.5 Å². The maximum Gasteiger partial charge on any atom is 0.435 e. The number of carbonyl (C=O) groups is 1. The van der Waals surface area contributed by atoms with Crippen LogP contribution in [0.15, 0.2) is 90.7 Å². The van der Waals surface area contributed by atoms with Gasteiger partial charge in [-0.25, -0.2) is 9.07 Å². The number of hydrogen-bond acceptors (Lipinski definition) is 5. The number of nitrogens with zero attached hydrogens (tertiary/aromatic N) is 3. The summed E-state index contributed by atoms with van der Waals surface area (Å²) < 4.78 is 56.3. The van der Waals surface area contributed by atoms with Crippen molar-refractivity contribution in [2.24, 2.45) is 17.4 Å². The lowest BCUT2D eigenvalue weighted by atomic mass is 9.80. The van der Waals surface area contributed by atoms with Gasteiger partial charge in [-0.3, -0.25) is 9.78 Å². The predicted octanol–water partition coefficient (Wildman–Crippen LogP) is 5.83. The maximum absolute atomic E-state index is 15.1. The molecule has 0 radical (unpaired) electrons. The largest absolute Gasteiger partial charge is 0.435 e. The number of alkyl halides is 3. The van der Waals surface area contributed by atoms with Crippen LogP contribution in [0, 0.1) is 5.92 Å². The van der Waals surface area contributed by atoms with Crippen molar-refractivity contribution in [1.29, 1.82) is 0 Å². The Balaban J connectivity index is 1.56. The van der Waals surface area contributed by atoms with Crippen LogP contribution >= 0.6 is 0 Å². The lowest BCUT2D eigenvalue weighted by Gasteiger charge is -2.31. The normalized spacial score (nSPS) is 15.9. The second-order valence-electron chi connectivity index (χ2n) is 10.2. The molecule has 11 heteroatoms. The molecule has 41 heavy (non-hydrogen) atoms. The number of nitrogens with two attached hydrogens (primary N) is 2. The standard InChI is InChI=1S/C30H32F4N6O/c1-19(29(36,13-12-21-9-10-21)23-6-4-14-37-18-23)8-11-25(31)20(2)38-28(41)26-16-27(30(32,33)34)39-40(26)24-7-3-5-22(15-24)17-35/h3-8,11,14-16,18,21H,2,9-10,12-13,17,35-36H2,1H3,(H,38,41)/b19-8+,25-11+. The molecule has 2 heterocycles. The van der Waals surface area contributed by atoms with Crippen LogP contribution in [-0.2, 0) is 18.3 Å². The number of nitrogens with one attached hydrogen (secondary N) is 1. The third kappa shape index (κ3) is 7.17. The van der Waals surface area contributed by atoms with Gasteiger partial charge in [0, 0.05) is 25.0 Å². The summed E-state index contributed by atoms with van der Waals surface area (Å²) >= 11 is 0. The van der Waals surface area contributed by atoms with Crippen molar-refractivity contribution < 1.29 is 22.4 Å². The average molecular weight is 569 g/mol. The molecule has 1 unspecified atom stereocenters. The summed E-state index contributed by atoms with van der Waals surface area (Å²) in [5, 5.41) is 5.82. The van der Waals surface area contributed by atoms with Crippen molar-refractivity contribution in [2.45, 2.75) is 50.9 Å². The minimum absolute atomic E-state index is 0.133. The van der Waals surface area contributed by atoms with E-state index in [4.69, 9.17) is 11.5 Å². The number of pyridine rings is 1. The molecule has 2 aromatic heterocycles. The summed E-state index contributed by atoms with van der Waals surface area (Å²) in [6.45, 7) is 5.48. The zero-order chi connectivity index (χ0) is 29.8. The van der Waals surface area contributed by atoms with Crippen LogP contribution in [0.3, 0.4) is 0 Å². The quantitative estimate of drug-likeness (QED) is 0.199. The van der Waals surface area contributed by atoms with Crippen molar-refractivity contribution in [3.05, 3.63) is 113 Å². The Bertz CT molecular complexity index is 1470. The number of halogens is 4. The summed E-state index contributed by atoms with van der Waals surface area (Å²) in [6, 6.07) is 10.5. The number of amides is 1. The summed E-state index contributed by atoms with van der Waals surface area (Å²) in [5.74, 6) is -1.28. The van der Waals surface area contributed by atoms with Gasteiger partial charge in [0.25, 0.3) is 5.91 Å². The van der Waals surface area contributed by atoms with Crippen molar-refractivity contribution in [1.82, 2.24) is 20.1 Å². The molecule has 0 bridgehead atoms. The van der Waals surface area contributed by atoms with E-state index >= 15 is 4.39 Å². The molecule has 1 fully saturated rings. The van der Waals surface area contributed by atoms with Crippen LogP contribution in [0.25, 0.3) is 5.69 Å². The molecule has 5 N–H and O–H groups in total. The molecule has 4 rings (SSSR count). The van der Waals surface area contributed by atoms with Crippen LogP contribution in [0.4, 0.5) is 17.6 Å². The molecule has 1 amide bonds. The second-order valence-corrected chi connectivity index (χ2v) is 10.2. The molecule has 1 atom stereocenters. The predicted molar refractivity (Wildman–Crippen MR) is 148 cm³/mol. The highest BCUT2D eigenvalue weighted by Gasteiger charge is 2.36. The van der Waals surface area contributed by atoms with Crippen LogP contribution in [0.2, 0.25) is 0 Å². The Morgan fingerprint density at radius 1 is 1.20 bits per heavy atom. The maximum atomic E-state index is 15.1. The highest BCUT2D eigenvalue weighted by Crippen LogP contribution is 2.39. The number of rotatable bonds is 11. The first kappa shape index (κ1) is 29.9. The number of allylic oxidation sites excluding steroid dienone is 3. The summed E-state index contributed by atoms with van der Waals surface area (Å²) in [4.78, 5) is 17.2. The van der Waals surface area contributed by atoms with Crippen molar-refractivity contribution in [2.75, 3.05) is 0 Å². The van der Waals surface area contributed by atoms with Gasteiger partial charge in [0.1, 0.15) is 11.5 Å². The van der Waals surface area contributed by atoms with E-state index in [0.29, 0.717) is 29.5 Å². The Hall–Kier alpha value is -4.09. The molecule has 7 nitrogen and oxygen atoms in total. The van der Waals surface area contributed by atoms with E-state index in [-0.39, 0.29) is 12.2 Å². The van der Waals surface area contributed by atoms with E-state index in [1.807, 2.05) is 6.07 Å². The Morgan fingerprint density at radius 2 is 1.95 bits per heavy atom. The number of aromatic nitrogens is 3. The SMILES string of the molecule is C=C(NC(=O)c1cc(C(F)(F)F)nn1-c1cccc(CN)c1)/C(F)=C\C=C(/C)C(N)(CCC1CC1)c1cccnc1. The zero-order valence-corrected chi connectivity index (χ0v) is 22.6.